The third-order valence-corrected chi connectivity index (χ3v) is 3.85. The maximum Gasteiger partial charge on any atom is 0.337 e. The molecule has 0 unspecified atom stereocenters. The molecule has 0 bridgehead atoms. The second kappa shape index (κ2) is 7.17. The number of methoxy groups -OCH3 is 1. The molecular formula is C16H23NO2. The van der Waals surface area contributed by atoms with Gasteiger partial charge in [-0.25, -0.2) is 4.79 Å². The van der Waals surface area contributed by atoms with Crippen molar-refractivity contribution < 1.29 is 9.53 Å². The minimum absolute atomic E-state index is 0.280. The van der Waals surface area contributed by atoms with Crippen LogP contribution >= 0.6 is 0 Å². The van der Waals surface area contributed by atoms with E-state index in [1.165, 1.54) is 45.6 Å². The maximum atomic E-state index is 11.5. The topological polar surface area (TPSA) is 38.3 Å². The van der Waals surface area contributed by atoms with Gasteiger partial charge in [-0.3, -0.25) is 0 Å². The molecule has 1 aliphatic carbocycles. The Kier molecular flexibility index (Phi) is 5.25. The number of benzene rings is 1. The molecule has 0 spiro atoms. The summed E-state index contributed by atoms with van der Waals surface area (Å²) in [7, 11) is 1.41. The number of esters is 1. The van der Waals surface area contributed by atoms with Gasteiger partial charge in [-0.1, -0.05) is 31.7 Å². The number of rotatable bonds is 4. The highest BCUT2D eigenvalue weighted by molar-refractivity contribution is 5.90. The standard InChI is InChI=1S/C16H23NO2/c1-19-16(18)14-9-6-10-15(11-14)17-12-13-7-4-2-3-5-8-13/h6,9-11,13,17H,2-5,7-8,12H2,1H3. The Morgan fingerprint density at radius 2 is 2.00 bits per heavy atom. The van der Waals surface area contributed by atoms with E-state index < -0.39 is 0 Å². The maximum absolute atomic E-state index is 11.5. The van der Waals surface area contributed by atoms with Crippen LogP contribution < -0.4 is 5.32 Å². The summed E-state index contributed by atoms with van der Waals surface area (Å²) in [6.45, 7) is 1.00. The Morgan fingerprint density at radius 3 is 2.68 bits per heavy atom. The molecule has 1 N–H and O–H groups in total. The predicted molar refractivity (Wildman–Crippen MR) is 77.5 cm³/mol. The van der Waals surface area contributed by atoms with Crippen LogP contribution in [0.15, 0.2) is 24.3 Å². The van der Waals surface area contributed by atoms with Crippen LogP contribution in [0.25, 0.3) is 0 Å². The highest BCUT2D eigenvalue weighted by Gasteiger charge is 2.12. The van der Waals surface area contributed by atoms with Crippen molar-refractivity contribution in [3.8, 4) is 0 Å². The van der Waals surface area contributed by atoms with E-state index in [0.29, 0.717) is 5.56 Å². The lowest BCUT2D eigenvalue weighted by molar-refractivity contribution is 0.0601. The quantitative estimate of drug-likeness (QED) is 0.660. The van der Waals surface area contributed by atoms with Gasteiger partial charge in [-0.05, 0) is 37.0 Å². The molecule has 3 heteroatoms. The predicted octanol–water partition coefficient (Wildman–Crippen LogP) is 3.86. The molecule has 0 aromatic heterocycles. The molecular weight excluding hydrogens is 238 g/mol. The van der Waals surface area contributed by atoms with Crippen LogP contribution in [-0.4, -0.2) is 19.6 Å². The van der Waals surface area contributed by atoms with Crippen LogP contribution in [0.2, 0.25) is 0 Å². The van der Waals surface area contributed by atoms with E-state index in [1.807, 2.05) is 18.2 Å². The number of ether oxygens (including phenoxy) is 1. The van der Waals surface area contributed by atoms with Crippen LogP contribution in [0.1, 0.15) is 48.9 Å². The first-order valence-electron chi connectivity index (χ1n) is 7.22. The van der Waals surface area contributed by atoms with E-state index in [1.54, 1.807) is 6.07 Å². The number of anilines is 1. The van der Waals surface area contributed by atoms with Crippen molar-refractivity contribution in [3.05, 3.63) is 29.8 Å². The van der Waals surface area contributed by atoms with Gasteiger partial charge in [0.1, 0.15) is 0 Å². The normalized spacial score (nSPS) is 16.7. The number of hydrogen-bond acceptors (Lipinski definition) is 3. The number of carbonyl (C=O) groups excluding carboxylic acids is 1. The molecule has 104 valence electrons. The molecule has 0 saturated heterocycles. The van der Waals surface area contributed by atoms with Crippen molar-refractivity contribution in [2.75, 3.05) is 19.0 Å². The Bertz CT molecular complexity index is 409. The SMILES string of the molecule is COC(=O)c1cccc(NCC2CCCCCC2)c1. The van der Waals surface area contributed by atoms with Crippen molar-refractivity contribution in [3.63, 3.8) is 0 Å². The van der Waals surface area contributed by atoms with E-state index in [0.717, 1.165) is 18.2 Å². The van der Waals surface area contributed by atoms with Gasteiger partial charge in [0.05, 0.1) is 12.7 Å². The second-order valence-corrected chi connectivity index (χ2v) is 5.31. The molecule has 0 aliphatic heterocycles. The highest BCUT2D eigenvalue weighted by Crippen LogP contribution is 2.23. The van der Waals surface area contributed by atoms with Crippen molar-refractivity contribution in [2.24, 2.45) is 5.92 Å². The molecule has 0 amide bonds. The number of carbonyl (C=O) groups is 1. The summed E-state index contributed by atoms with van der Waals surface area (Å²) in [5.41, 5.74) is 1.61. The Labute approximate surface area is 115 Å². The molecule has 1 aromatic rings. The fourth-order valence-corrected chi connectivity index (χ4v) is 2.70. The van der Waals surface area contributed by atoms with Crippen molar-refractivity contribution >= 4 is 11.7 Å². The molecule has 0 heterocycles. The molecule has 2 rings (SSSR count). The van der Waals surface area contributed by atoms with E-state index in [4.69, 9.17) is 4.74 Å². The summed E-state index contributed by atoms with van der Waals surface area (Å²) in [4.78, 5) is 11.5. The average molecular weight is 261 g/mol. The van der Waals surface area contributed by atoms with Crippen LogP contribution in [0.4, 0.5) is 5.69 Å². The van der Waals surface area contributed by atoms with Crippen LogP contribution in [-0.2, 0) is 4.74 Å². The zero-order valence-electron chi connectivity index (χ0n) is 11.7. The second-order valence-electron chi connectivity index (χ2n) is 5.31. The van der Waals surface area contributed by atoms with Gasteiger partial charge in [-0.15, -0.1) is 0 Å². The van der Waals surface area contributed by atoms with Crippen molar-refractivity contribution in [1.29, 1.82) is 0 Å². The first-order valence-corrected chi connectivity index (χ1v) is 7.22. The molecule has 19 heavy (non-hydrogen) atoms. The summed E-state index contributed by atoms with van der Waals surface area (Å²) >= 11 is 0. The van der Waals surface area contributed by atoms with Crippen LogP contribution in [0.3, 0.4) is 0 Å². The summed E-state index contributed by atoms with van der Waals surface area (Å²) in [6.07, 6.45) is 8.12. The lowest BCUT2D eigenvalue weighted by atomic mass is 10.0. The molecule has 1 fully saturated rings. The van der Waals surface area contributed by atoms with Crippen molar-refractivity contribution in [1.82, 2.24) is 0 Å². The Balaban J connectivity index is 1.89. The minimum Gasteiger partial charge on any atom is -0.465 e. The number of nitrogens with one attached hydrogen (secondary N) is 1. The third-order valence-electron chi connectivity index (χ3n) is 3.85. The van der Waals surface area contributed by atoms with Gasteiger partial charge < -0.3 is 10.1 Å². The Morgan fingerprint density at radius 1 is 1.26 bits per heavy atom. The van der Waals surface area contributed by atoms with Gasteiger partial charge >= 0.3 is 5.97 Å². The summed E-state index contributed by atoms with van der Waals surface area (Å²) in [5, 5.41) is 3.45. The lowest BCUT2D eigenvalue weighted by Gasteiger charge is -2.16. The summed E-state index contributed by atoms with van der Waals surface area (Å²) < 4.78 is 4.74. The van der Waals surface area contributed by atoms with Gasteiger partial charge in [-0.2, -0.15) is 0 Å². The highest BCUT2D eigenvalue weighted by atomic mass is 16.5. The van der Waals surface area contributed by atoms with Crippen LogP contribution in [0.5, 0.6) is 0 Å². The van der Waals surface area contributed by atoms with E-state index in [9.17, 15) is 4.79 Å². The molecule has 1 aliphatic rings. The summed E-state index contributed by atoms with van der Waals surface area (Å²) in [5.74, 6) is 0.488. The zero-order chi connectivity index (χ0) is 13.5. The fraction of sp³-hybridized carbons (Fsp3) is 0.562. The summed E-state index contributed by atoms with van der Waals surface area (Å²) in [6, 6.07) is 7.54. The molecule has 3 nitrogen and oxygen atoms in total. The van der Waals surface area contributed by atoms with Crippen LogP contribution in [0, 0.1) is 5.92 Å². The monoisotopic (exact) mass is 261 g/mol. The van der Waals surface area contributed by atoms with Gasteiger partial charge in [0, 0.05) is 12.2 Å². The smallest absolute Gasteiger partial charge is 0.337 e. The fourth-order valence-electron chi connectivity index (χ4n) is 2.70. The third kappa shape index (κ3) is 4.27. The average Bonchev–Trinajstić information content (AvgIpc) is 2.73. The Hall–Kier alpha value is -1.51. The van der Waals surface area contributed by atoms with Gasteiger partial charge in [0.15, 0.2) is 0 Å². The molecule has 1 saturated carbocycles. The first kappa shape index (κ1) is 13.9. The van der Waals surface area contributed by atoms with Gasteiger partial charge in [0.2, 0.25) is 0 Å². The van der Waals surface area contributed by atoms with E-state index >= 15 is 0 Å². The zero-order valence-corrected chi connectivity index (χ0v) is 11.7. The molecule has 0 radical (unpaired) electrons. The largest absolute Gasteiger partial charge is 0.465 e. The molecule has 1 aromatic carbocycles. The van der Waals surface area contributed by atoms with Gasteiger partial charge in [0.25, 0.3) is 0 Å². The first-order chi connectivity index (χ1) is 9.29. The minimum atomic E-state index is -0.280. The lowest BCUT2D eigenvalue weighted by Crippen LogP contribution is -2.14. The molecule has 0 atom stereocenters. The van der Waals surface area contributed by atoms with E-state index in [-0.39, 0.29) is 5.97 Å². The van der Waals surface area contributed by atoms with E-state index in [2.05, 4.69) is 5.32 Å². The number of hydrogen-bond donors (Lipinski definition) is 1. The van der Waals surface area contributed by atoms with Crippen molar-refractivity contribution in [2.45, 2.75) is 38.5 Å².